The van der Waals surface area contributed by atoms with E-state index in [-0.39, 0.29) is 18.6 Å². The molecule has 4 heteroatoms. The molecule has 1 aliphatic carbocycles. The van der Waals surface area contributed by atoms with Crippen LogP contribution in [0.2, 0.25) is 0 Å². The van der Waals surface area contributed by atoms with Crippen LogP contribution in [-0.2, 0) is 9.59 Å². The Kier molecular flexibility index (Phi) is 10.7. The quantitative estimate of drug-likeness (QED) is 0.340. The zero-order valence-electron chi connectivity index (χ0n) is 16.8. The van der Waals surface area contributed by atoms with Crippen molar-refractivity contribution in [2.24, 2.45) is 0 Å². The lowest BCUT2D eigenvalue weighted by Gasteiger charge is -2.20. The van der Waals surface area contributed by atoms with Gasteiger partial charge < -0.3 is 10.2 Å². The molecule has 1 atom stereocenters. The van der Waals surface area contributed by atoms with Crippen LogP contribution in [-0.4, -0.2) is 27.6 Å². The van der Waals surface area contributed by atoms with Crippen molar-refractivity contribution in [3.63, 3.8) is 0 Å². The van der Waals surface area contributed by atoms with Gasteiger partial charge in [0.1, 0.15) is 0 Å². The van der Waals surface area contributed by atoms with E-state index >= 15 is 0 Å². The van der Waals surface area contributed by atoms with Crippen LogP contribution in [0.4, 0.5) is 0 Å². The lowest BCUT2D eigenvalue weighted by molar-refractivity contribution is -0.158. The average Bonchev–Trinajstić information content (AvgIpc) is 2.98. The van der Waals surface area contributed by atoms with Crippen molar-refractivity contribution in [3.05, 3.63) is 41.2 Å². The molecule has 0 spiro atoms. The number of hydrogen-bond donors (Lipinski definition) is 2. The number of aliphatic hydroxyl groups is 1. The highest BCUT2D eigenvalue weighted by Gasteiger charge is 2.33. The van der Waals surface area contributed by atoms with Crippen molar-refractivity contribution < 1.29 is 19.8 Å². The number of unbranched alkanes of at least 4 members (excludes halogenated alkanes) is 4. The number of carboxylic acid groups (broad SMARTS) is 1. The topological polar surface area (TPSA) is 74.6 Å². The van der Waals surface area contributed by atoms with Gasteiger partial charge in [0.2, 0.25) is 0 Å². The fraction of sp³-hybridized carbons (Fsp3) is 0.609. The predicted molar refractivity (Wildman–Crippen MR) is 109 cm³/mol. The summed E-state index contributed by atoms with van der Waals surface area (Å²) in [7, 11) is 0. The smallest absolute Gasteiger partial charge is 0.336 e. The third-order valence-corrected chi connectivity index (χ3v) is 4.93. The number of Topliss-reactive ketones (excluding diaryl/α,β-unsaturated/α-hetero) is 1. The van der Waals surface area contributed by atoms with Crippen LogP contribution < -0.4 is 0 Å². The fourth-order valence-electron chi connectivity index (χ4n) is 3.25. The van der Waals surface area contributed by atoms with E-state index in [0.29, 0.717) is 19.3 Å². The molecule has 2 N–H and O–H groups in total. The Labute approximate surface area is 163 Å². The molecule has 0 saturated carbocycles. The van der Waals surface area contributed by atoms with Gasteiger partial charge in [-0.1, -0.05) is 51.7 Å². The average molecular weight is 375 g/mol. The highest BCUT2D eigenvalue weighted by atomic mass is 16.4. The third-order valence-electron chi connectivity index (χ3n) is 4.93. The van der Waals surface area contributed by atoms with Crippen LogP contribution in [0, 0.1) is 0 Å². The lowest BCUT2D eigenvalue weighted by atomic mass is 9.94. The minimum Gasteiger partial charge on any atom is -0.479 e. The Hall–Kier alpha value is -1.90. The third kappa shape index (κ3) is 8.11. The first kappa shape index (κ1) is 23.1. The van der Waals surface area contributed by atoms with Gasteiger partial charge >= 0.3 is 5.97 Å². The molecule has 0 aromatic rings. The van der Waals surface area contributed by atoms with Crippen molar-refractivity contribution >= 4 is 11.8 Å². The molecule has 0 saturated heterocycles. The van der Waals surface area contributed by atoms with Gasteiger partial charge in [-0.25, -0.2) is 4.79 Å². The monoisotopic (exact) mass is 374 g/mol. The van der Waals surface area contributed by atoms with Crippen LogP contribution >= 0.6 is 0 Å². The van der Waals surface area contributed by atoms with Crippen molar-refractivity contribution in [1.29, 1.82) is 0 Å². The maximum absolute atomic E-state index is 12.1. The van der Waals surface area contributed by atoms with Crippen LogP contribution in [0.25, 0.3) is 0 Å². The largest absolute Gasteiger partial charge is 0.479 e. The van der Waals surface area contributed by atoms with Crippen LogP contribution in [0.1, 0.15) is 84.5 Å². The summed E-state index contributed by atoms with van der Waals surface area (Å²) < 4.78 is 0. The van der Waals surface area contributed by atoms with Gasteiger partial charge in [-0.15, -0.1) is 5.73 Å². The molecule has 27 heavy (non-hydrogen) atoms. The standard InChI is InChI=1S/C23H34O4/c1-3-5-6-7-8-10-13-19-15-16-21(24)20(19)14-11-9-12-18-23(27,17-4-2)22(25)26/h10-13,27H,3-8,14-18H2,1-2H3,(H,25,26)/b13-10+. The number of ketones is 1. The van der Waals surface area contributed by atoms with E-state index in [0.717, 1.165) is 24.0 Å². The summed E-state index contributed by atoms with van der Waals surface area (Å²) in [5.74, 6) is -1.02. The minimum atomic E-state index is -1.73. The van der Waals surface area contributed by atoms with Gasteiger partial charge in [-0.2, -0.15) is 0 Å². The van der Waals surface area contributed by atoms with Crippen LogP contribution in [0.5, 0.6) is 0 Å². The molecule has 0 fully saturated rings. The number of allylic oxidation sites excluding steroid dienone is 4. The molecule has 0 heterocycles. The molecular weight excluding hydrogens is 340 g/mol. The lowest BCUT2D eigenvalue weighted by Crippen LogP contribution is -2.37. The maximum Gasteiger partial charge on any atom is 0.336 e. The first-order valence-electron chi connectivity index (χ1n) is 10.2. The van der Waals surface area contributed by atoms with Crippen LogP contribution in [0.3, 0.4) is 0 Å². The van der Waals surface area contributed by atoms with Gasteiger partial charge in [-0.05, 0) is 43.4 Å². The number of carboxylic acids is 1. The summed E-state index contributed by atoms with van der Waals surface area (Å²) in [5.41, 5.74) is 3.14. The SMILES string of the molecule is CCCCCC/C=C/C1=C(CC=C=CCC(O)(CCC)C(=O)O)C(=O)CC1. The highest BCUT2D eigenvalue weighted by molar-refractivity contribution is 5.99. The van der Waals surface area contributed by atoms with Gasteiger partial charge in [0.15, 0.2) is 11.4 Å². The summed E-state index contributed by atoms with van der Waals surface area (Å²) in [4.78, 5) is 23.3. The van der Waals surface area contributed by atoms with Gasteiger partial charge in [0.05, 0.1) is 0 Å². The molecule has 1 aliphatic rings. The summed E-state index contributed by atoms with van der Waals surface area (Å²) in [6, 6.07) is 0. The van der Waals surface area contributed by atoms with Crippen molar-refractivity contribution in [1.82, 2.24) is 0 Å². The Morgan fingerprint density at radius 1 is 1.15 bits per heavy atom. The van der Waals surface area contributed by atoms with E-state index in [1.165, 1.54) is 25.7 Å². The molecule has 0 radical (unpaired) electrons. The van der Waals surface area contributed by atoms with E-state index in [2.05, 4.69) is 24.8 Å². The molecule has 0 bridgehead atoms. The maximum atomic E-state index is 12.1. The first-order valence-corrected chi connectivity index (χ1v) is 10.2. The molecule has 1 rings (SSSR count). The number of rotatable bonds is 13. The normalized spacial score (nSPS) is 16.5. The van der Waals surface area contributed by atoms with E-state index in [4.69, 9.17) is 5.11 Å². The minimum absolute atomic E-state index is 0.0180. The summed E-state index contributed by atoms with van der Waals surface area (Å²) in [6.45, 7) is 4.04. The van der Waals surface area contributed by atoms with Crippen molar-refractivity contribution in [3.8, 4) is 0 Å². The summed E-state index contributed by atoms with van der Waals surface area (Å²) in [5, 5.41) is 19.2. The van der Waals surface area contributed by atoms with E-state index in [9.17, 15) is 14.7 Å². The molecule has 0 aliphatic heterocycles. The summed E-state index contributed by atoms with van der Waals surface area (Å²) in [6.07, 6.45) is 16.2. The number of carbonyl (C=O) groups is 2. The van der Waals surface area contributed by atoms with E-state index in [1.807, 2.05) is 6.92 Å². The molecule has 4 nitrogen and oxygen atoms in total. The van der Waals surface area contributed by atoms with Gasteiger partial charge in [0, 0.05) is 24.8 Å². The van der Waals surface area contributed by atoms with Crippen molar-refractivity contribution in [2.45, 2.75) is 90.1 Å². The molecule has 150 valence electrons. The second-order valence-electron chi connectivity index (χ2n) is 7.25. The number of carbonyl (C=O) groups excluding carboxylic acids is 1. The van der Waals surface area contributed by atoms with Gasteiger partial charge in [0.25, 0.3) is 0 Å². The highest BCUT2D eigenvalue weighted by Crippen LogP contribution is 2.27. The second-order valence-corrected chi connectivity index (χ2v) is 7.25. The first-order chi connectivity index (χ1) is 12.9. The van der Waals surface area contributed by atoms with E-state index < -0.39 is 11.6 Å². The Bertz CT molecular complexity index is 620. The van der Waals surface area contributed by atoms with Gasteiger partial charge in [-0.3, -0.25) is 4.79 Å². The second kappa shape index (κ2) is 12.5. The fourth-order valence-corrected chi connectivity index (χ4v) is 3.25. The Morgan fingerprint density at radius 3 is 2.59 bits per heavy atom. The zero-order chi connectivity index (χ0) is 20.1. The Balaban J connectivity index is 2.62. The molecule has 0 aromatic heterocycles. The Morgan fingerprint density at radius 2 is 1.93 bits per heavy atom. The molecule has 1 unspecified atom stereocenters. The number of aliphatic carboxylic acids is 1. The van der Waals surface area contributed by atoms with Crippen molar-refractivity contribution in [2.75, 3.05) is 0 Å². The van der Waals surface area contributed by atoms with E-state index in [1.54, 1.807) is 12.2 Å². The zero-order valence-corrected chi connectivity index (χ0v) is 16.8. The predicted octanol–water partition coefficient (Wildman–Crippen LogP) is 5.28. The molecular formula is C23H34O4. The number of hydrogen-bond acceptors (Lipinski definition) is 3. The molecule has 0 amide bonds. The summed E-state index contributed by atoms with van der Waals surface area (Å²) >= 11 is 0. The molecule has 0 aromatic carbocycles. The van der Waals surface area contributed by atoms with Crippen LogP contribution in [0.15, 0.2) is 41.2 Å².